The molecule has 9 heavy (non-hydrogen) atoms. The fourth-order valence-electron chi connectivity index (χ4n) is 0.243. The summed E-state index contributed by atoms with van der Waals surface area (Å²) in [5.74, 6) is 0. The van der Waals surface area contributed by atoms with Gasteiger partial charge >= 0.3 is 0 Å². The molecule has 0 aromatic rings. The van der Waals surface area contributed by atoms with Crippen LogP contribution in [0.15, 0.2) is 0 Å². The summed E-state index contributed by atoms with van der Waals surface area (Å²) in [6, 6.07) is 0. The van der Waals surface area contributed by atoms with Crippen molar-refractivity contribution < 1.29 is 9.47 Å². The quantitative estimate of drug-likeness (QED) is 0.416. The van der Waals surface area contributed by atoms with Crippen LogP contribution < -0.4 is 0 Å². The average molecular weight is 384 g/mol. The van der Waals surface area contributed by atoms with E-state index in [1.165, 1.54) is 0 Å². The van der Waals surface area contributed by atoms with Crippen LogP contribution in [0.25, 0.3) is 0 Å². The molecule has 0 spiro atoms. The largest absolute Gasteiger partial charge is 0.529 e. The predicted molar refractivity (Wildman–Crippen MR) is 32.2 cm³/mol. The molecule has 0 unspecified atom stereocenters. The Hall–Kier alpha value is -1.08. The molecule has 0 aliphatic carbocycles. The second-order valence-electron chi connectivity index (χ2n) is 1.66. The molecule has 52 valence electrons. The van der Waals surface area contributed by atoms with E-state index in [0.717, 1.165) is 6.10 Å². The van der Waals surface area contributed by atoms with Gasteiger partial charge in [0.2, 0.25) is 0 Å². The van der Waals surface area contributed by atoms with Crippen LogP contribution in [0.5, 0.6) is 0 Å². The molecule has 0 atom stereocenters. The fraction of sp³-hybridized carbons (Fsp3) is 0.833. The van der Waals surface area contributed by atoms with Crippen LogP contribution in [-0.4, -0.2) is 13.4 Å². The van der Waals surface area contributed by atoms with E-state index in [1.54, 1.807) is 0 Å². The minimum absolute atomic E-state index is 0. The van der Waals surface area contributed by atoms with Crippen molar-refractivity contribution in [3.8, 4) is 0 Å². The van der Waals surface area contributed by atoms with E-state index < -0.39 is 0 Å². The third kappa shape index (κ3) is 10.9. The van der Waals surface area contributed by atoms with Gasteiger partial charge in [0.25, 0.3) is 0 Å². The molecule has 3 heteroatoms. The minimum Gasteiger partial charge on any atom is -0.529 e. The Kier molecular flexibility index (Phi) is 8.32. The first kappa shape index (κ1) is 10.8. The van der Waals surface area contributed by atoms with Crippen LogP contribution in [0.2, 0.25) is 0 Å². The van der Waals surface area contributed by atoms with Crippen LogP contribution in [-0.2, 0) is 9.47 Å². The molecule has 2 nitrogen and oxygen atoms in total. The van der Waals surface area contributed by atoms with Gasteiger partial charge in [0, 0.05) is 6.61 Å². The fourth-order valence-corrected chi connectivity index (χ4v) is 0.243. The molecule has 0 amide bonds. The SMILES string of the molecule is CCOCO[C-](C)C.[Rf]. The second kappa shape index (κ2) is 6.92. The number of hydrogen-bond acceptors (Lipinski definition) is 2. The van der Waals surface area contributed by atoms with Crippen LogP contribution in [0, 0.1) is 6.10 Å². The molecular weight excluding hydrogens is 371 g/mol. The smallest absolute Gasteiger partial charge is 0.117 e. The topological polar surface area (TPSA) is 18.5 Å². The van der Waals surface area contributed by atoms with Crippen molar-refractivity contribution in [2.24, 2.45) is 0 Å². The summed E-state index contributed by atoms with van der Waals surface area (Å²) in [6.07, 6.45) is 0.943. The number of hydrogen-bond donors (Lipinski definition) is 0. The van der Waals surface area contributed by atoms with Gasteiger partial charge in [-0.25, -0.2) is 6.10 Å². The van der Waals surface area contributed by atoms with Crippen LogP contribution in [0.3, 0.4) is 0 Å². The minimum atomic E-state index is 0. The van der Waals surface area contributed by atoms with Gasteiger partial charge in [-0.3, -0.25) is 0 Å². The number of ether oxygens (including phenoxy) is 2. The first-order chi connectivity index (χ1) is 3.77. The van der Waals surface area contributed by atoms with Crippen molar-refractivity contribution in [1.29, 1.82) is 0 Å². The zero-order valence-corrected chi connectivity index (χ0v) is 12.8. The molecule has 0 rings (SSSR count). The summed E-state index contributed by atoms with van der Waals surface area (Å²) in [5.41, 5.74) is 0. The summed E-state index contributed by atoms with van der Waals surface area (Å²) in [5, 5.41) is 0. The van der Waals surface area contributed by atoms with Crippen LogP contribution in [0.1, 0.15) is 20.8 Å². The van der Waals surface area contributed by atoms with E-state index in [9.17, 15) is 0 Å². The third-order valence-corrected chi connectivity index (χ3v) is 0.635. The molecule has 0 saturated carbocycles. The van der Waals surface area contributed by atoms with Crippen molar-refractivity contribution in [2.45, 2.75) is 20.8 Å². The standard InChI is InChI=1S/C6H13O2.Rf/c1-4-7-5-8-6(2)3;/h4-5H2,1-3H3;/q-1;. The molecule has 0 radical (unpaired) electrons. The maximum absolute atomic E-state index is 4.98. The zero-order chi connectivity index (χ0) is 6.41. The van der Waals surface area contributed by atoms with Gasteiger partial charge in [-0.05, 0) is 6.92 Å². The van der Waals surface area contributed by atoms with Crippen LogP contribution in [0.4, 0.5) is 0 Å². The Morgan fingerprint density at radius 1 is 1.33 bits per heavy atom. The molecule has 0 aromatic carbocycles. The van der Waals surface area contributed by atoms with Gasteiger partial charge in [-0.2, -0.15) is 13.8 Å². The van der Waals surface area contributed by atoms with Crippen molar-refractivity contribution in [3.63, 3.8) is 0 Å². The van der Waals surface area contributed by atoms with E-state index in [-0.39, 0.29) is 0 Å². The maximum Gasteiger partial charge on any atom is 0.117 e. The summed E-state index contributed by atoms with van der Waals surface area (Å²) in [6.45, 7) is 6.85. The van der Waals surface area contributed by atoms with Crippen molar-refractivity contribution in [2.75, 3.05) is 13.4 Å². The first-order valence-corrected chi connectivity index (χ1v) is 2.78. The molecule has 0 heterocycles. The molecular formula is C6H13O2Rf-. The monoisotopic (exact) mass is 384 g/mol. The summed E-state index contributed by atoms with van der Waals surface area (Å²) in [4.78, 5) is 0. The third-order valence-electron chi connectivity index (χ3n) is 0.635. The Bertz CT molecular complexity index is 48.3. The molecule has 0 aliphatic heterocycles. The molecule has 0 aromatic heterocycles. The molecule has 0 bridgehead atoms. The summed E-state index contributed by atoms with van der Waals surface area (Å²) < 4.78 is 9.88. The van der Waals surface area contributed by atoms with Gasteiger partial charge in [0.15, 0.2) is 0 Å². The van der Waals surface area contributed by atoms with Crippen LogP contribution >= 0.6 is 0 Å². The van der Waals surface area contributed by atoms with Gasteiger partial charge in [-0.1, -0.05) is 0 Å². The first-order valence-electron chi connectivity index (χ1n) is 2.78. The molecule has 0 aliphatic rings. The number of rotatable bonds is 4. The van der Waals surface area contributed by atoms with E-state index in [2.05, 4.69) is 0 Å². The molecule has 0 fully saturated rings. The van der Waals surface area contributed by atoms with Gasteiger partial charge in [0.1, 0.15) is 6.79 Å². The molecule has 0 saturated heterocycles. The molecule has 0 N–H and O–H groups in total. The summed E-state index contributed by atoms with van der Waals surface area (Å²) >= 11 is 0. The van der Waals surface area contributed by atoms with Gasteiger partial charge < -0.3 is 9.47 Å². The second-order valence-corrected chi connectivity index (χ2v) is 1.66. The van der Waals surface area contributed by atoms with E-state index >= 15 is 0 Å². The van der Waals surface area contributed by atoms with Crippen molar-refractivity contribution >= 4 is 0 Å². The Morgan fingerprint density at radius 3 is 2.22 bits per heavy atom. The van der Waals surface area contributed by atoms with Crippen molar-refractivity contribution in [3.05, 3.63) is 6.10 Å². The summed E-state index contributed by atoms with van der Waals surface area (Å²) in [7, 11) is 0. The van der Waals surface area contributed by atoms with E-state index in [0.29, 0.717) is 13.4 Å². The van der Waals surface area contributed by atoms with E-state index in [1.807, 2.05) is 20.8 Å². The Morgan fingerprint density at radius 2 is 1.89 bits per heavy atom. The Labute approximate surface area is 50.8 Å². The van der Waals surface area contributed by atoms with Crippen molar-refractivity contribution in [1.82, 2.24) is 0 Å². The van der Waals surface area contributed by atoms with E-state index in [4.69, 9.17) is 9.47 Å². The maximum atomic E-state index is 4.98. The predicted octanol–water partition coefficient (Wildman–Crippen LogP) is 1.57. The normalized spacial score (nSPS) is 9.33. The zero-order valence-electron chi connectivity index (χ0n) is 6.44. The van der Waals surface area contributed by atoms with Gasteiger partial charge in [-0.15, -0.1) is 0 Å². The Balaban J connectivity index is 0. The average Bonchev–Trinajstić information content (AvgIpc) is 1.66. The van der Waals surface area contributed by atoms with Gasteiger partial charge in [0.05, 0.1) is 0 Å².